The molecule has 0 aromatic carbocycles. The molecule has 0 spiro atoms. The van der Waals surface area contributed by atoms with Crippen LogP contribution >= 0.6 is 0 Å². The number of esters is 1. The van der Waals surface area contributed by atoms with E-state index in [9.17, 15) is 4.79 Å². The molecule has 0 saturated heterocycles. The molecular formula is C10H21NO5. The molecule has 0 aromatic rings. The number of nitrogens with two attached hydrogens (primary N) is 1. The van der Waals surface area contributed by atoms with Gasteiger partial charge in [-0.2, -0.15) is 0 Å². The number of rotatable bonds is 11. The fraction of sp³-hybridized carbons (Fsp3) is 0.900. The molecule has 0 atom stereocenters. The van der Waals surface area contributed by atoms with Gasteiger partial charge in [0.1, 0.15) is 6.61 Å². The van der Waals surface area contributed by atoms with Crippen LogP contribution in [-0.2, 0) is 23.7 Å². The van der Waals surface area contributed by atoms with Crippen molar-refractivity contribution in [2.45, 2.75) is 6.42 Å². The standard InChI is InChI=1S/C10H21NO5/c1-13-7-8-14-4-2-5-16-10(12)9-15-6-3-11/h2-9,11H2,1H3. The second kappa shape index (κ2) is 12.4. The van der Waals surface area contributed by atoms with E-state index >= 15 is 0 Å². The maximum atomic E-state index is 11.0. The minimum atomic E-state index is -0.370. The van der Waals surface area contributed by atoms with Crippen LogP contribution in [0.1, 0.15) is 6.42 Å². The minimum Gasteiger partial charge on any atom is -0.464 e. The summed E-state index contributed by atoms with van der Waals surface area (Å²) in [5.74, 6) is -0.370. The van der Waals surface area contributed by atoms with E-state index < -0.39 is 0 Å². The first kappa shape index (κ1) is 15.3. The van der Waals surface area contributed by atoms with E-state index in [1.54, 1.807) is 7.11 Å². The van der Waals surface area contributed by atoms with Crippen LogP contribution in [0.5, 0.6) is 0 Å². The number of carbonyl (C=O) groups is 1. The van der Waals surface area contributed by atoms with Crippen LogP contribution < -0.4 is 5.73 Å². The van der Waals surface area contributed by atoms with Crippen LogP contribution in [0.3, 0.4) is 0 Å². The zero-order valence-electron chi connectivity index (χ0n) is 9.78. The normalized spacial score (nSPS) is 10.4. The Hall–Kier alpha value is -0.690. The largest absolute Gasteiger partial charge is 0.464 e. The molecule has 2 N–H and O–H groups in total. The molecule has 0 radical (unpaired) electrons. The van der Waals surface area contributed by atoms with E-state index in [0.717, 1.165) is 0 Å². The third-order valence-corrected chi connectivity index (χ3v) is 1.61. The predicted octanol–water partition coefficient (Wildman–Crippen LogP) is -0.442. The van der Waals surface area contributed by atoms with Gasteiger partial charge in [0.25, 0.3) is 0 Å². The summed E-state index contributed by atoms with van der Waals surface area (Å²) in [5, 5.41) is 0. The summed E-state index contributed by atoms with van der Waals surface area (Å²) < 4.78 is 19.8. The number of ether oxygens (including phenoxy) is 4. The van der Waals surface area contributed by atoms with Crippen LogP contribution in [0, 0.1) is 0 Å². The van der Waals surface area contributed by atoms with Crippen molar-refractivity contribution in [3.8, 4) is 0 Å². The average Bonchev–Trinajstić information content (AvgIpc) is 2.28. The zero-order valence-corrected chi connectivity index (χ0v) is 9.78. The Morgan fingerprint density at radius 1 is 1.06 bits per heavy atom. The highest BCUT2D eigenvalue weighted by atomic mass is 16.6. The molecular weight excluding hydrogens is 214 g/mol. The molecule has 0 aromatic heterocycles. The van der Waals surface area contributed by atoms with Crippen molar-refractivity contribution >= 4 is 5.97 Å². The van der Waals surface area contributed by atoms with Gasteiger partial charge in [-0.05, 0) is 0 Å². The Morgan fingerprint density at radius 3 is 2.56 bits per heavy atom. The molecule has 0 aliphatic carbocycles. The Balaban J connectivity index is 3.09. The molecule has 0 unspecified atom stereocenters. The molecule has 96 valence electrons. The van der Waals surface area contributed by atoms with Gasteiger partial charge in [-0.3, -0.25) is 0 Å². The van der Waals surface area contributed by atoms with E-state index in [4.69, 9.17) is 24.7 Å². The molecule has 0 amide bonds. The Bertz CT molecular complexity index is 165. The number of methoxy groups -OCH3 is 1. The highest BCUT2D eigenvalue weighted by Crippen LogP contribution is 1.87. The van der Waals surface area contributed by atoms with Crippen LogP contribution in [0.2, 0.25) is 0 Å². The summed E-state index contributed by atoms with van der Waals surface area (Å²) in [4.78, 5) is 11.0. The van der Waals surface area contributed by atoms with E-state index in [1.807, 2.05) is 0 Å². The number of hydrogen-bond donors (Lipinski definition) is 1. The van der Waals surface area contributed by atoms with Gasteiger partial charge in [0.15, 0.2) is 0 Å². The molecule has 0 aliphatic heterocycles. The molecule has 6 heteroatoms. The smallest absolute Gasteiger partial charge is 0.332 e. The lowest BCUT2D eigenvalue weighted by atomic mass is 10.5. The van der Waals surface area contributed by atoms with Crippen molar-refractivity contribution in [1.82, 2.24) is 0 Å². The van der Waals surface area contributed by atoms with Crippen molar-refractivity contribution in [3.63, 3.8) is 0 Å². The van der Waals surface area contributed by atoms with Gasteiger partial charge in [0, 0.05) is 26.7 Å². The average molecular weight is 235 g/mol. The van der Waals surface area contributed by atoms with Gasteiger partial charge >= 0.3 is 5.97 Å². The summed E-state index contributed by atoms with van der Waals surface area (Å²) in [6.45, 7) is 2.77. The van der Waals surface area contributed by atoms with Gasteiger partial charge in [-0.25, -0.2) is 4.79 Å². The summed E-state index contributed by atoms with van der Waals surface area (Å²) in [5.41, 5.74) is 5.19. The molecule has 16 heavy (non-hydrogen) atoms. The molecule has 0 heterocycles. The maximum Gasteiger partial charge on any atom is 0.332 e. The fourth-order valence-electron chi connectivity index (χ4n) is 0.872. The monoisotopic (exact) mass is 235 g/mol. The van der Waals surface area contributed by atoms with Gasteiger partial charge < -0.3 is 24.7 Å². The Morgan fingerprint density at radius 2 is 1.88 bits per heavy atom. The molecule has 0 rings (SSSR count). The Labute approximate surface area is 96.0 Å². The van der Waals surface area contributed by atoms with Crippen molar-refractivity contribution in [2.24, 2.45) is 5.73 Å². The summed E-state index contributed by atoms with van der Waals surface area (Å²) in [6.07, 6.45) is 0.673. The lowest BCUT2D eigenvalue weighted by Crippen LogP contribution is -2.17. The highest BCUT2D eigenvalue weighted by Gasteiger charge is 2.01. The fourth-order valence-corrected chi connectivity index (χ4v) is 0.872. The number of carbonyl (C=O) groups excluding carboxylic acids is 1. The number of hydrogen-bond acceptors (Lipinski definition) is 6. The SMILES string of the molecule is COCCOCCCOC(=O)COCCN. The topological polar surface area (TPSA) is 80.0 Å². The zero-order chi connectivity index (χ0) is 12.1. The van der Waals surface area contributed by atoms with E-state index in [2.05, 4.69) is 0 Å². The first-order valence-corrected chi connectivity index (χ1v) is 5.31. The molecule has 6 nitrogen and oxygen atoms in total. The molecule has 0 fully saturated rings. The molecule has 0 bridgehead atoms. The summed E-state index contributed by atoms with van der Waals surface area (Å²) in [6, 6.07) is 0. The maximum absolute atomic E-state index is 11.0. The second-order valence-electron chi connectivity index (χ2n) is 3.02. The summed E-state index contributed by atoms with van der Waals surface area (Å²) in [7, 11) is 1.62. The van der Waals surface area contributed by atoms with Crippen LogP contribution in [-0.4, -0.2) is 59.3 Å². The van der Waals surface area contributed by atoms with Crippen LogP contribution in [0.15, 0.2) is 0 Å². The molecule has 0 aliphatic rings. The van der Waals surface area contributed by atoms with Crippen molar-refractivity contribution < 1.29 is 23.7 Å². The lowest BCUT2D eigenvalue weighted by molar-refractivity contribution is -0.149. The van der Waals surface area contributed by atoms with Gasteiger partial charge in [0.05, 0.1) is 26.4 Å². The predicted molar refractivity (Wildman–Crippen MR) is 58.1 cm³/mol. The third-order valence-electron chi connectivity index (χ3n) is 1.61. The molecule has 0 saturated carbocycles. The third kappa shape index (κ3) is 11.4. The van der Waals surface area contributed by atoms with Gasteiger partial charge in [0.2, 0.25) is 0 Å². The second-order valence-corrected chi connectivity index (χ2v) is 3.02. The lowest BCUT2D eigenvalue weighted by Gasteiger charge is -2.05. The van der Waals surface area contributed by atoms with Crippen molar-refractivity contribution in [3.05, 3.63) is 0 Å². The van der Waals surface area contributed by atoms with Gasteiger partial charge in [-0.1, -0.05) is 0 Å². The van der Waals surface area contributed by atoms with E-state index in [-0.39, 0.29) is 12.6 Å². The minimum absolute atomic E-state index is 0.0399. The van der Waals surface area contributed by atoms with Crippen LogP contribution in [0.25, 0.3) is 0 Å². The quantitative estimate of drug-likeness (QED) is 0.386. The van der Waals surface area contributed by atoms with Crippen molar-refractivity contribution in [2.75, 3.05) is 53.3 Å². The first-order chi connectivity index (χ1) is 7.81. The summed E-state index contributed by atoms with van der Waals surface area (Å²) >= 11 is 0. The highest BCUT2D eigenvalue weighted by molar-refractivity contribution is 5.70. The van der Waals surface area contributed by atoms with E-state index in [0.29, 0.717) is 46.0 Å². The van der Waals surface area contributed by atoms with Gasteiger partial charge in [-0.15, -0.1) is 0 Å². The van der Waals surface area contributed by atoms with E-state index in [1.165, 1.54) is 0 Å². The van der Waals surface area contributed by atoms with Crippen LogP contribution in [0.4, 0.5) is 0 Å². The Kier molecular flexibility index (Phi) is 11.8. The van der Waals surface area contributed by atoms with Crippen molar-refractivity contribution in [1.29, 1.82) is 0 Å². The first-order valence-electron chi connectivity index (χ1n) is 5.31.